The molecule has 18 heteroatoms. The van der Waals surface area contributed by atoms with Gasteiger partial charge in [0.2, 0.25) is 0 Å². The fraction of sp³-hybridized carbons (Fsp3) is 0.846. The van der Waals surface area contributed by atoms with Gasteiger partial charge in [-0.3, -0.25) is 0 Å². The summed E-state index contributed by atoms with van der Waals surface area (Å²) in [7, 11) is 0. The molecule has 1 N–H and O–H groups in total. The number of halogens is 12. The van der Waals surface area contributed by atoms with Crippen molar-refractivity contribution in [3.05, 3.63) is 0 Å². The van der Waals surface area contributed by atoms with Gasteiger partial charge in [-0.1, -0.05) is 0 Å². The number of rotatable bonds is 7. The van der Waals surface area contributed by atoms with Crippen molar-refractivity contribution in [2.24, 2.45) is 0 Å². The smallest absolute Gasteiger partial charge is 0.437 e. The monoisotopic (exact) mass is 492 g/mol. The van der Waals surface area contributed by atoms with Crippen LogP contribution in [0.4, 0.5) is 52.7 Å². The highest BCUT2D eigenvalue weighted by atomic mass is 19.4. The van der Waals surface area contributed by atoms with E-state index in [0.717, 1.165) is 6.92 Å². The van der Waals surface area contributed by atoms with E-state index in [2.05, 4.69) is 14.2 Å². The molecule has 0 aliphatic heterocycles. The van der Waals surface area contributed by atoms with Crippen LogP contribution in [0.15, 0.2) is 0 Å². The normalized spacial score (nSPS) is 15.5. The summed E-state index contributed by atoms with van der Waals surface area (Å²) in [5, 5.41) is 8.75. The molecule has 0 radical (unpaired) electrons. The summed E-state index contributed by atoms with van der Waals surface area (Å²) in [4.78, 5) is 22.6. The first-order chi connectivity index (χ1) is 13.5. The summed E-state index contributed by atoms with van der Waals surface area (Å²) < 4.78 is 164. The molecule has 0 rings (SSSR count). The van der Waals surface area contributed by atoms with Gasteiger partial charge in [0, 0.05) is 0 Å². The number of esters is 2. The molecule has 184 valence electrons. The first-order valence-corrected chi connectivity index (χ1v) is 7.52. The highest BCUT2D eigenvalue weighted by Crippen LogP contribution is 2.47. The quantitative estimate of drug-likeness (QED) is 0.435. The van der Waals surface area contributed by atoms with Crippen LogP contribution in [0.1, 0.15) is 13.8 Å². The molecule has 0 aromatic heterocycles. The fourth-order valence-electron chi connectivity index (χ4n) is 1.78. The van der Waals surface area contributed by atoms with Crippen molar-refractivity contribution in [1.29, 1.82) is 0 Å². The number of hydrogen-bond acceptors (Lipinski definition) is 6. The van der Waals surface area contributed by atoms with Crippen LogP contribution in [0.2, 0.25) is 0 Å². The third-order valence-electron chi connectivity index (χ3n) is 3.32. The molecule has 1 unspecified atom stereocenters. The fourth-order valence-corrected chi connectivity index (χ4v) is 1.78. The van der Waals surface area contributed by atoms with Crippen molar-refractivity contribution in [3.8, 4) is 0 Å². The van der Waals surface area contributed by atoms with Crippen LogP contribution in [-0.2, 0) is 23.8 Å². The van der Waals surface area contributed by atoms with Crippen LogP contribution < -0.4 is 0 Å². The van der Waals surface area contributed by atoms with Crippen LogP contribution in [0, 0.1) is 0 Å². The van der Waals surface area contributed by atoms with Crippen molar-refractivity contribution in [1.82, 2.24) is 0 Å². The van der Waals surface area contributed by atoms with Gasteiger partial charge in [-0.05, 0) is 13.8 Å². The lowest BCUT2D eigenvalue weighted by molar-refractivity contribution is -0.372. The Morgan fingerprint density at radius 1 is 0.774 bits per heavy atom. The second-order valence-corrected chi connectivity index (χ2v) is 5.63. The Bertz CT molecular complexity index is 619. The summed E-state index contributed by atoms with van der Waals surface area (Å²) in [5.74, 6) is -6.56. The molecule has 0 aliphatic carbocycles. The maximum Gasteiger partial charge on any atom is 0.437 e. The third kappa shape index (κ3) is 5.45. The van der Waals surface area contributed by atoms with Gasteiger partial charge in [0.05, 0.1) is 13.2 Å². The van der Waals surface area contributed by atoms with Gasteiger partial charge in [-0.2, -0.15) is 52.7 Å². The van der Waals surface area contributed by atoms with E-state index in [4.69, 9.17) is 5.11 Å². The number of alkyl halides is 12. The van der Waals surface area contributed by atoms with Gasteiger partial charge < -0.3 is 19.3 Å². The van der Waals surface area contributed by atoms with E-state index in [-0.39, 0.29) is 6.92 Å². The second kappa shape index (κ2) is 8.87. The van der Waals surface area contributed by atoms with Crippen LogP contribution in [0.5, 0.6) is 0 Å². The number of carbonyl (C=O) groups excluding carboxylic acids is 2. The highest BCUT2D eigenvalue weighted by molar-refractivity contribution is 5.82. The summed E-state index contributed by atoms with van der Waals surface area (Å²) in [6, 6.07) is 0. The third-order valence-corrected chi connectivity index (χ3v) is 3.32. The summed E-state index contributed by atoms with van der Waals surface area (Å²) >= 11 is 0. The number of aliphatic hydroxyl groups is 1. The molecule has 31 heavy (non-hydrogen) atoms. The van der Waals surface area contributed by atoms with E-state index in [1.165, 1.54) is 0 Å². The van der Waals surface area contributed by atoms with Crippen molar-refractivity contribution >= 4 is 11.9 Å². The first kappa shape index (κ1) is 29.0. The Labute approximate surface area is 164 Å². The number of carbonyl (C=O) groups is 2. The lowest BCUT2D eigenvalue weighted by Gasteiger charge is -2.35. The van der Waals surface area contributed by atoms with Crippen LogP contribution in [-0.4, -0.2) is 72.3 Å². The molecular formula is C13H12F12O6. The van der Waals surface area contributed by atoms with Gasteiger partial charge in [-0.15, -0.1) is 0 Å². The lowest BCUT2D eigenvalue weighted by Crippen LogP contribution is -2.65. The van der Waals surface area contributed by atoms with Gasteiger partial charge >= 0.3 is 47.8 Å². The van der Waals surface area contributed by atoms with E-state index in [1.54, 1.807) is 0 Å². The van der Waals surface area contributed by atoms with Gasteiger partial charge in [-0.25, -0.2) is 9.59 Å². The van der Waals surface area contributed by atoms with Crippen LogP contribution in [0.3, 0.4) is 0 Å². The van der Waals surface area contributed by atoms with E-state index >= 15 is 0 Å². The zero-order valence-corrected chi connectivity index (χ0v) is 15.0. The topological polar surface area (TPSA) is 82.1 Å². The number of hydrogen-bond donors (Lipinski definition) is 1. The first-order valence-electron chi connectivity index (χ1n) is 7.52. The molecule has 0 heterocycles. The standard InChI is InChI=1S/C13H12F12O6/c1-3-29-7(27)9(12(20,21)22,13(23,24)25)30-4-5(2)31-6(26)8(28,10(14,15)16)11(17,18)19/h5,28H,3-4H2,1-2H3. The maximum atomic E-state index is 13.1. The Hall–Kier alpha value is -1.98. The van der Waals surface area contributed by atoms with E-state index in [9.17, 15) is 62.3 Å². The summed E-state index contributed by atoms with van der Waals surface area (Å²) in [5.41, 5.74) is -11.9. The Kier molecular flexibility index (Phi) is 8.30. The van der Waals surface area contributed by atoms with E-state index in [0.29, 0.717) is 0 Å². The Morgan fingerprint density at radius 2 is 1.16 bits per heavy atom. The van der Waals surface area contributed by atoms with Crippen LogP contribution in [0.25, 0.3) is 0 Å². The van der Waals surface area contributed by atoms with Gasteiger partial charge in [0.15, 0.2) is 0 Å². The molecule has 0 saturated heterocycles. The predicted molar refractivity (Wildman–Crippen MR) is 70.0 cm³/mol. The molecule has 0 aromatic rings. The summed E-state index contributed by atoms with van der Waals surface area (Å²) in [6.45, 7) is -2.15. The molecule has 1 atom stereocenters. The molecule has 0 fully saturated rings. The predicted octanol–water partition coefficient (Wildman–Crippen LogP) is 3.22. The minimum absolute atomic E-state index is 0.230. The zero-order valence-electron chi connectivity index (χ0n) is 15.0. The van der Waals surface area contributed by atoms with Crippen molar-refractivity contribution in [2.45, 2.75) is 55.9 Å². The molecular weight excluding hydrogens is 480 g/mol. The van der Waals surface area contributed by atoms with Gasteiger partial charge in [0.25, 0.3) is 0 Å². The molecule has 0 aromatic carbocycles. The van der Waals surface area contributed by atoms with Crippen molar-refractivity contribution < 1.29 is 81.6 Å². The second-order valence-electron chi connectivity index (χ2n) is 5.63. The lowest BCUT2D eigenvalue weighted by atomic mass is 10.0. The molecule has 0 spiro atoms. The average Bonchev–Trinajstić information content (AvgIpc) is 2.49. The largest absolute Gasteiger partial charge is 0.463 e. The van der Waals surface area contributed by atoms with E-state index in [1.807, 2.05) is 0 Å². The zero-order chi connectivity index (χ0) is 25.3. The molecule has 0 amide bonds. The number of ether oxygens (including phenoxy) is 3. The SMILES string of the molecule is CCOC(=O)C(OCC(C)OC(=O)C(O)(C(F)(F)F)C(F)(F)F)(C(F)(F)F)C(F)(F)F. The Morgan fingerprint density at radius 3 is 1.45 bits per heavy atom. The molecule has 0 saturated carbocycles. The minimum atomic E-state index is -6.73. The summed E-state index contributed by atoms with van der Waals surface area (Å²) in [6.07, 6.45) is -29.3. The molecule has 0 bridgehead atoms. The minimum Gasteiger partial charge on any atom is -0.463 e. The Balaban J connectivity index is 5.89. The highest BCUT2D eigenvalue weighted by Gasteiger charge is 2.79. The van der Waals surface area contributed by atoms with Crippen molar-refractivity contribution in [3.63, 3.8) is 0 Å². The van der Waals surface area contributed by atoms with Crippen LogP contribution >= 0.6 is 0 Å². The maximum absolute atomic E-state index is 13.1. The molecule has 6 nitrogen and oxygen atoms in total. The van der Waals surface area contributed by atoms with Gasteiger partial charge in [0.1, 0.15) is 6.10 Å². The average molecular weight is 492 g/mol. The van der Waals surface area contributed by atoms with E-state index < -0.39 is 67.2 Å². The van der Waals surface area contributed by atoms with Crippen molar-refractivity contribution in [2.75, 3.05) is 13.2 Å². The molecule has 0 aliphatic rings.